The molecule has 0 spiro atoms. The second kappa shape index (κ2) is 5.17. The van der Waals surface area contributed by atoms with Crippen LogP contribution in [0.1, 0.15) is 19.4 Å². The number of hydrazine groups is 1. The van der Waals surface area contributed by atoms with Crippen LogP contribution in [0.3, 0.4) is 0 Å². The Bertz CT molecular complexity index is 477. The standard InChI is InChI=1S/C13H16N2O4/c1-3-18-11(16)14-15-12(17)19-9-13(15,2)10-7-5-4-6-8-10/h4-8H,3,9H2,1-2H3,(H,14,16)/t13-/m0/s1. The van der Waals surface area contributed by atoms with Gasteiger partial charge in [0.05, 0.1) is 6.61 Å². The molecule has 0 aromatic heterocycles. The Balaban J connectivity index is 2.24. The summed E-state index contributed by atoms with van der Waals surface area (Å²) in [5.74, 6) is 0. The van der Waals surface area contributed by atoms with Crippen LogP contribution in [0.4, 0.5) is 9.59 Å². The Morgan fingerprint density at radius 2 is 2.16 bits per heavy atom. The van der Waals surface area contributed by atoms with E-state index >= 15 is 0 Å². The van der Waals surface area contributed by atoms with Crippen molar-refractivity contribution in [3.8, 4) is 0 Å². The summed E-state index contributed by atoms with van der Waals surface area (Å²) >= 11 is 0. The smallest absolute Gasteiger partial charge is 0.429 e. The minimum Gasteiger partial charge on any atom is -0.449 e. The normalized spacial score (nSPS) is 22.0. The lowest BCUT2D eigenvalue weighted by Crippen LogP contribution is -2.52. The number of carbonyl (C=O) groups excluding carboxylic acids is 2. The summed E-state index contributed by atoms with van der Waals surface area (Å²) in [5.41, 5.74) is 2.54. The van der Waals surface area contributed by atoms with Crippen molar-refractivity contribution in [2.24, 2.45) is 0 Å². The van der Waals surface area contributed by atoms with Gasteiger partial charge in [-0.15, -0.1) is 0 Å². The minimum absolute atomic E-state index is 0.169. The molecule has 1 fully saturated rings. The number of amides is 2. The van der Waals surface area contributed by atoms with E-state index in [9.17, 15) is 9.59 Å². The quantitative estimate of drug-likeness (QED) is 0.906. The first-order valence-electron chi connectivity index (χ1n) is 6.04. The molecule has 2 rings (SSSR count). The number of rotatable bonds is 3. The molecule has 0 saturated carbocycles. The highest BCUT2D eigenvalue weighted by Crippen LogP contribution is 2.32. The maximum absolute atomic E-state index is 11.7. The Morgan fingerprint density at radius 3 is 2.79 bits per heavy atom. The van der Waals surface area contributed by atoms with Crippen LogP contribution in [0, 0.1) is 0 Å². The van der Waals surface area contributed by atoms with Crippen molar-refractivity contribution in [1.29, 1.82) is 0 Å². The summed E-state index contributed by atoms with van der Waals surface area (Å²) in [6.45, 7) is 3.91. The molecule has 0 radical (unpaired) electrons. The molecule has 0 bridgehead atoms. The lowest BCUT2D eigenvalue weighted by Gasteiger charge is -2.31. The predicted octanol–water partition coefficient (Wildman–Crippen LogP) is 2.02. The van der Waals surface area contributed by atoms with E-state index in [1.807, 2.05) is 37.3 Å². The van der Waals surface area contributed by atoms with E-state index in [0.29, 0.717) is 0 Å². The molecular formula is C13H16N2O4. The second-order valence-electron chi connectivity index (χ2n) is 4.36. The van der Waals surface area contributed by atoms with Crippen LogP contribution in [0.5, 0.6) is 0 Å². The largest absolute Gasteiger partial charge is 0.449 e. The molecule has 0 aliphatic carbocycles. The zero-order valence-corrected chi connectivity index (χ0v) is 10.9. The average molecular weight is 264 g/mol. The first kappa shape index (κ1) is 13.2. The van der Waals surface area contributed by atoms with Crippen molar-refractivity contribution in [2.45, 2.75) is 19.4 Å². The van der Waals surface area contributed by atoms with Gasteiger partial charge in [-0.1, -0.05) is 30.3 Å². The number of hydrogen-bond donors (Lipinski definition) is 1. The Kier molecular flexibility index (Phi) is 3.59. The molecule has 1 N–H and O–H groups in total. The molecule has 1 heterocycles. The number of nitrogens with zero attached hydrogens (tertiary/aromatic N) is 1. The van der Waals surface area contributed by atoms with Crippen LogP contribution in [-0.4, -0.2) is 30.4 Å². The third-order valence-electron chi connectivity index (χ3n) is 3.03. The highest BCUT2D eigenvalue weighted by atomic mass is 16.6. The fraction of sp³-hybridized carbons (Fsp3) is 0.385. The molecule has 102 valence electrons. The monoisotopic (exact) mass is 264 g/mol. The van der Waals surface area contributed by atoms with Gasteiger partial charge in [0.15, 0.2) is 0 Å². The van der Waals surface area contributed by atoms with Gasteiger partial charge in [-0.05, 0) is 19.4 Å². The molecule has 1 aliphatic rings. The summed E-state index contributed by atoms with van der Waals surface area (Å²) < 4.78 is 9.81. The highest BCUT2D eigenvalue weighted by Gasteiger charge is 2.46. The van der Waals surface area contributed by atoms with Crippen molar-refractivity contribution in [3.05, 3.63) is 35.9 Å². The van der Waals surface area contributed by atoms with Gasteiger partial charge >= 0.3 is 12.2 Å². The molecule has 6 nitrogen and oxygen atoms in total. The van der Waals surface area contributed by atoms with Crippen LogP contribution in [-0.2, 0) is 15.0 Å². The number of hydrogen-bond acceptors (Lipinski definition) is 4. The van der Waals surface area contributed by atoms with E-state index in [0.717, 1.165) is 5.56 Å². The van der Waals surface area contributed by atoms with Crippen molar-refractivity contribution < 1.29 is 19.1 Å². The SMILES string of the molecule is CCOC(=O)NN1C(=O)OC[C@@]1(C)c1ccccc1. The van der Waals surface area contributed by atoms with Crippen molar-refractivity contribution in [1.82, 2.24) is 10.4 Å². The first-order chi connectivity index (χ1) is 9.08. The first-order valence-corrected chi connectivity index (χ1v) is 6.04. The van der Waals surface area contributed by atoms with E-state index in [1.165, 1.54) is 5.01 Å². The molecule has 0 unspecified atom stereocenters. The number of carbonyl (C=O) groups is 2. The number of nitrogens with one attached hydrogen (secondary N) is 1. The molecule has 1 aromatic carbocycles. The molecule has 1 aromatic rings. The van der Waals surface area contributed by atoms with Gasteiger partial charge in [-0.25, -0.2) is 20.0 Å². The van der Waals surface area contributed by atoms with Crippen LogP contribution >= 0.6 is 0 Å². The molecule has 6 heteroatoms. The van der Waals surface area contributed by atoms with E-state index in [4.69, 9.17) is 9.47 Å². The van der Waals surface area contributed by atoms with E-state index in [1.54, 1.807) is 6.92 Å². The summed E-state index contributed by atoms with van der Waals surface area (Å²) in [5, 5.41) is 1.17. The third kappa shape index (κ3) is 2.47. The van der Waals surface area contributed by atoms with Gasteiger partial charge in [0, 0.05) is 0 Å². The van der Waals surface area contributed by atoms with Gasteiger partial charge in [0.25, 0.3) is 0 Å². The number of cyclic esters (lactones) is 1. The topological polar surface area (TPSA) is 67.9 Å². The van der Waals surface area contributed by atoms with Crippen LogP contribution in [0.25, 0.3) is 0 Å². The molecular weight excluding hydrogens is 248 g/mol. The lowest BCUT2D eigenvalue weighted by atomic mass is 9.93. The number of ether oxygens (including phenoxy) is 2. The molecule has 1 aliphatic heterocycles. The molecule has 19 heavy (non-hydrogen) atoms. The Morgan fingerprint density at radius 1 is 1.47 bits per heavy atom. The molecule has 2 amide bonds. The lowest BCUT2D eigenvalue weighted by molar-refractivity contribution is 0.0866. The van der Waals surface area contributed by atoms with E-state index < -0.39 is 17.7 Å². The van der Waals surface area contributed by atoms with Gasteiger partial charge in [0.1, 0.15) is 12.1 Å². The van der Waals surface area contributed by atoms with Crippen LogP contribution in [0.2, 0.25) is 0 Å². The van der Waals surface area contributed by atoms with E-state index in [2.05, 4.69) is 5.43 Å². The van der Waals surface area contributed by atoms with Crippen molar-refractivity contribution in [3.63, 3.8) is 0 Å². The van der Waals surface area contributed by atoms with Crippen LogP contribution < -0.4 is 5.43 Å². The molecule has 1 atom stereocenters. The maximum atomic E-state index is 11.7. The minimum atomic E-state index is -0.745. The molecule has 1 saturated heterocycles. The second-order valence-corrected chi connectivity index (χ2v) is 4.36. The van der Waals surface area contributed by atoms with Crippen LogP contribution in [0.15, 0.2) is 30.3 Å². The fourth-order valence-electron chi connectivity index (χ4n) is 1.97. The predicted molar refractivity (Wildman–Crippen MR) is 67.1 cm³/mol. The van der Waals surface area contributed by atoms with E-state index in [-0.39, 0.29) is 13.2 Å². The maximum Gasteiger partial charge on any atom is 0.429 e. The third-order valence-corrected chi connectivity index (χ3v) is 3.03. The van der Waals surface area contributed by atoms with Crippen molar-refractivity contribution >= 4 is 12.2 Å². The summed E-state index contributed by atoms with van der Waals surface area (Å²) in [4.78, 5) is 23.2. The Hall–Kier alpha value is -2.24. The fourth-order valence-corrected chi connectivity index (χ4v) is 1.97. The van der Waals surface area contributed by atoms with Gasteiger partial charge in [-0.2, -0.15) is 0 Å². The van der Waals surface area contributed by atoms with Gasteiger partial charge < -0.3 is 9.47 Å². The highest BCUT2D eigenvalue weighted by molar-refractivity contribution is 5.76. The zero-order chi connectivity index (χ0) is 13.9. The van der Waals surface area contributed by atoms with Gasteiger partial charge in [-0.3, -0.25) is 0 Å². The summed E-state index contributed by atoms with van der Waals surface area (Å²) in [7, 11) is 0. The summed E-state index contributed by atoms with van der Waals surface area (Å²) in [6, 6.07) is 9.37. The van der Waals surface area contributed by atoms with Crippen molar-refractivity contribution in [2.75, 3.05) is 13.2 Å². The zero-order valence-electron chi connectivity index (χ0n) is 10.9. The number of benzene rings is 1. The summed E-state index contributed by atoms with van der Waals surface area (Å²) in [6.07, 6.45) is -1.28. The average Bonchev–Trinajstić information content (AvgIpc) is 2.70. The Labute approximate surface area is 111 Å². The van der Waals surface area contributed by atoms with Gasteiger partial charge in [0.2, 0.25) is 0 Å².